The summed E-state index contributed by atoms with van der Waals surface area (Å²) in [6.45, 7) is 2.69. The predicted molar refractivity (Wildman–Crippen MR) is 81.4 cm³/mol. The minimum absolute atomic E-state index is 0.622. The van der Waals surface area contributed by atoms with Crippen LogP contribution in [-0.2, 0) is 22.3 Å². The molecule has 0 spiro atoms. The molecule has 1 aromatic heterocycles. The molecule has 0 unspecified atom stereocenters. The number of pyridine rings is 1. The fourth-order valence-corrected chi connectivity index (χ4v) is 2.48. The highest BCUT2D eigenvalue weighted by Gasteiger charge is 2.14. The first-order valence-electron chi connectivity index (χ1n) is 7.58. The molecular formula is C16H23N3O2. The molecule has 1 heterocycles. The van der Waals surface area contributed by atoms with Crippen molar-refractivity contribution < 1.29 is 9.47 Å². The minimum Gasteiger partial charge on any atom is -0.382 e. The molecule has 0 bridgehead atoms. The summed E-state index contributed by atoms with van der Waals surface area (Å²) in [5.41, 5.74) is 3.04. The van der Waals surface area contributed by atoms with E-state index in [4.69, 9.17) is 9.47 Å². The molecule has 1 aromatic rings. The van der Waals surface area contributed by atoms with Gasteiger partial charge in [0.1, 0.15) is 11.9 Å². The first-order chi connectivity index (χ1) is 10.3. The fourth-order valence-electron chi connectivity index (χ4n) is 2.48. The van der Waals surface area contributed by atoms with Gasteiger partial charge < -0.3 is 14.8 Å². The van der Waals surface area contributed by atoms with Gasteiger partial charge in [0.15, 0.2) is 0 Å². The second kappa shape index (κ2) is 8.60. The molecule has 114 valence electrons. The third kappa shape index (κ3) is 4.69. The standard InChI is InChI=1S/C16H23N3O2/c1-20-9-10-21-8-4-7-18-16-14(12-17)11-13-5-2-3-6-15(13)19-16/h11H,2-10H2,1H3,(H,18,19). The quantitative estimate of drug-likeness (QED) is 0.744. The first kappa shape index (κ1) is 15.7. The number of hydrogen-bond acceptors (Lipinski definition) is 5. The van der Waals surface area contributed by atoms with E-state index in [1.54, 1.807) is 7.11 Å². The van der Waals surface area contributed by atoms with E-state index in [9.17, 15) is 5.26 Å². The molecule has 0 aromatic carbocycles. The average Bonchev–Trinajstić information content (AvgIpc) is 2.53. The van der Waals surface area contributed by atoms with E-state index in [2.05, 4.69) is 16.4 Å². The van der Waals surface area contributed by atoms with Gasteiger partial charge in [0.25, 0.3) is 0 Å². The molecule has 1 aliphatic rings. The molecule has 0 amide bonds. The Hall–Kier alpha value is -1.64. The van der Waals surface area contributed by atoms with Crippen LogP contribution in [0.25, 0.3) is 0 Å². The van der Waals surface area contributed by atoms with Crippen molar-refractivity contribution in [1.29, 1.82) is 5.26 Å². The van der Waals surface area contributed by atoms with Gasteiger partial charge >= 0.3 is 0 Å². The number of methoxy groups -OCH3 is 1. The molecule has 0 fully saturated rings. The summed E-state index contributed by atoms with van der Waals surface area (Å²) >= 11 is 0. The topological polar surface area (TPSA) is 67.2 Å². The highest BCUT2D eigenvalue weighted by Crippen LogP contribution is 2.24. The number of anilines is 1. The van der Waals surface area contributed by atoms with Crippen molar-refractivity contribution >= 4 is 5.82 Å². The number of ether oxygens (including phenoxy) is 2. The second-order valence-corrected chi connectivity index (χ2v) is 5.19. The molecule has 1 N–H and O–H groups in total. The number of fused-ring (bicyclic) bond motifs is 1. The van der Waals surface area contributed by atoms with Gasteiger partial charge in [0.2, 0.25) is 0 Å². The van der Waals surface area contributed by atoms with Crippen molar-refractivity contribution in [3.8, 4) is 6.07 Å². The van der Waals surface area contributed by atoms with Crippen LogP contribution in [0.4, 0.5) is 5.82 Å². The number of aryl methyl sites for hydroxylation is 2. The van der Waals surface area contributed by atoms with Gasteiger partial charge in [-0.3, -0.25) is 0 Å². The second-order valence-electron chi connectivity index (χ2n) is 5.19. The zero-order valence-electron chi connectivity index (χ0n) is 12.7. The Morgan fingerprint density at radius 1 is 1.29 bits per heavy atom. The van der Waals surface area contributed by atoms with E-state index in [1.165, 1.54) is 18.4 Å². The number of nitrogens with zero attached hydrogens (tertiary/aromatic N) is 2. The highest BCUT2D eigenvalue weighted by molar-refractivity contribution is 5.54. The molecule has 0 saturated heterocycles. The van der Waals surface area contributed by atoms with Crippen LogP contribution in [0, 0.1) is 11.3 Å². The number of hydrogen-bond donors (Lipinski definition) is 1. The maximum atomic E-state index is 9.25. The summed E-state index contributed by atoms with van der Waals surface area (Å²) in [7, 11) is 1.66. The Morgan fingerprint density at radius 2 is 2.14 bits per heavy atom. The summed E-state index contributed by atoms with van der Waals surface area (Å²) < 4.78 is 10.3. The molecular weight excluding hydrogens is 266 g/mol. The third-order valence-corrected chi connectivity index (χ3v) is 3.61. The third-order valence-electron chi connectivity index (χ3n) is 3.61. The van der Waals surface area contributed by atoms with E-state index >= 15 is 0 Å². The molecule has 1 aliphatic carbocycles. The number of nitrogens with one attached hydrogen (secondary N) is 1. The molecule has 0 saturated carbocycles. The number of rotatable bonds is 8. The van der Waals surface area contributed by atoms with Crippen molar-refractivity contribution in [2.75, 3.05) is 38.8 Å². The maximum Gasteiger partial charge on any atom is 0.144 e. The van der Waals surface area contributed by atoms with Crippen LogP contribution in [-0.4, -0.2) is 38.5 Å². The first-order valence-corrected chi connectivity index (χ1v) is 7.58. The fraction of sp³-hybridized carbons (Fsp3) is 0.625. The van der Waals surface area contributed by atoms with Gasteiger partial charge in [0.05, 0.1) is 18.8 Å². The van der Waals surface area contributed by atoms with Gasteiger partial charge in [-0.2, -0.15) is 5.26 Å². The minimum atomic E-state index is 0.622. The lowest BCUT2D eigenvalue weighted by molar-refractivity contribution is 0.0705. The molecule has 0 aliphatic heterocycles. The molecule has 0 radical (unpaired) electrons. The Bertz CT molecular complexity index is 497. The molecule has 5 heteroatoms. The van der Waals surface area contributed by atoms with Crippen LogP contribution in [0.3, 0.4) is 0 Å². The lowest BCUT2D eigenvalue weighted by Gasteiger charge is -2.17. The van der Waals surface area contributed by atoms with Crippen LogP contribution in [0.15, 0.2) is 6.07 Å². The van der Waals surface area contributed by atoms with Crippen LogP contribution < -0.4 is 5.32 Å². The molecule has 2 rings (SSSR count). The Labute approximate surface area is 126 Å². The zero-order valence-corrected chi connectivity index (χ0v) is 12.7. The van der Waals surface area contributed by atoms with Crippen LogP contribution in [0.2, 0.25) is 0 Å². The lowest BCUT2D eigenvalue weighted by Crippen LogP contribution is -2.13. The van der Waals surface area contributed by atoms with Crippen LogP contribution >= 0.6 is 0 Å². The predicted octanol–water partition coefficient (Wildman–Crippen LogP) is 2.30. The Kier molecular flexibility index (Phi) is 6.45. The van der Waals surface area contributed by atoms with Gasteiger partial charge in [0, 0.05) is 26.0 Å². The van der Waals surface area contributed by atoms with Crippen LogP contribution in [0.1, 0.15) is 36.1 Å². The van der Waals surface area contributed by atoms with Gasteiger partial charge in [-0.1, -0.05) is 0 Å². The zero-order chi connectivity index (χ0) is 14.9. The van der Waals surface area contributed by atoms with Gasteiger partial charge in [-0.05, 0) is 43.7 Å². The Balaban J connectivity index is 1.83. The molecule has 5 nitrogen and oxygen atoms in total. The average molecular weight is 289 g/mol. The Morgan fingerprint density at radius 3 is 2.95 bits per heavy atom. The maximum absolute atomic E-state index is 9.25. The van der Waals surface area contributed by atoms with Crippen molar-refractivity contribution in [3.05, 3.63) is 22.9 Å². The smallest absolute Gasteiger partial charge is 0.144 e. The summed E-state index contributed by atoms with van der Waals surface area (Å²) in [5.74, 6) is 0.718. The van der Waals surface area contributed by atoms with E-state index < -0.39 is 0 Å². The van der Waals surface area contributed by atoms with Crippen LogP contribution in [0.5, 0.6) is 0 Å². The summed E-state index contributed by atoms with van der Waals surface area (Å²) in [6.07, 6.45) is 5.34. The summed E-state index contributed by atoms with van der Waals surface area (Å²) in [6, 6.07) is 4.24. The largest absolute Gasteiger partial charge is 0.382 e. The van der Waals surface area contributed by atoms with E-state index in [1.807, 2.05) is 6.07 Å². The van der Waals surface area contributed by atoms with Crippen molar-refractivity contribution in [2.24, 2.45) is 0 Å². The van der Waals surface area contributed by atoms with Crippen molar-refractivity contribution in [1.82, 2.24) is 4.98 Å². The highest BCUT2D eigenvalue weighted by atomic mass is 16.5. The van der Waals surface area contributed by atoms with Crippen molar-refractivity contribution in [3.63, 3.8) is 0 Å². The van der Waals surface area contributed by atoms with E-state index in [0.717, 1.165) is 37.3 Å². The summed E-state index contributed by atoms with van der Waals surface area (Å²) in [5, 5.41) is 12.5. The van der Waals surface area contributed by atoms with Gasteiger partial charge in [-0.15, -0.1) is 0 Å². The number of nitriles is 1. The monoisotopic (exact) mass is 289 g/mol. The van der Waals surface area contributed by atoms with Gasteiger partial charge in [-0.25, -0.2) is 4.98 Å². The lowest BCUT2D eigenvalue weighted by atomic mass is 9.95. The van der Waals surface area contributed by atoms with E-state index in [-0.39, 0.29) is 0 Å². The summed E-state index contributed by atoms with van der Waals surface area (Å²) in [4.78, 5) is 4.64. The number of aromatic nitrogens is 1. The molecule has 21 heavy (non-hydrogen) atoms. The normalized spacial score (nSPS) is 13.5. The van der Waals surface area contributed by atoms with Crippen molar-refractivity contribution in [2.45, 2.75) is 32.1 Å². The SMILES string of the molecule is COCCOCCCNc1nc2c(cc1C#N)CCCC2. The molecule has 0 atom stereocenters. The van der Waals surface area contributed by atoms with E-state index in [0.29, 0.717) is 25.4 Å².